The Labute approximate surface area is 185 Å². The van der Waals surface area contributed by atoms with Gasteiger partial charge < -0.3 is 5.11 Å². The lowest BCUT2D eigenvalue weighted by molar-refractivity contribution is -0.430. The highest BCUT2D eigenvalue weighted by Gasteiger charge is 2.40. The largest absolute Gasteiger partial charge is 0.501 e. The number of aliphatic hydroxyl groups is 1. The smallest absolute Gasteiger partial charge is 0.297 e. The molecule has 1 unspecified atom stereocenters. The van der Waals surface area contributed by atoms with Crippen LogP contribution in [-0.4, -0.2) is 24.7 Å². The third-order valence-electron chi connectivity index (χ3n) is 5.47. The molecule has 0 fully saturated rings. The number of rotatable bonds is 4. The van der Waals surface area contributed by atoms with Gasteiger partial charge in [0.1, 0.15) is 17.3 Å². The van der Waals surface area contributed by atoms with Gasteiger partial charge in [-0.15, -0.1) is 0 Å². The highest BCUT2D eigenvalue weighted by atomic mass is 16.6. The van der Waals surface area contributed by atoms with Gasteiger partial charge in [-0.3, -0.25) is 25.0 Å². The van der Waals surface area contributed by atoms with Crippen molar-refractivity contribution in [2.75, 3.05) is 0 Å². The van der Waals surface area contributed by atoms with Gasteiger partial charge in [-0.1, -0.05) is 29.8 Å². The van der Waals surface area contributed by atoms with Crippen LogP contribution in [0.1, 0.15) is 33.9 Å². The lowest BCUT2D eigenvalue weighted by atomic mass is 9.82. The molecule has 0 spiro atoms. The Hall–Kier alpha value is -4.85. The Morgan fingerprint density at radius 2 is 1.85 bits per heavy atom. The fourth-order valence-corrected chi connectivity index (χ4v) is 3.86. The molecule has 3 aromatic rings. The maximum atomic E-state index is 13.0. The molecule has 0 bridgehead atoms. The number of fused-ring (bicyclic) bond motifs is 1. The summed E-state index contributed by atoms with van der Waals surface area (Å²) in [5.41, 5.74) is -0.725. The molecule has 11 nitrogen and oxygen atoms in total. The summed E-state index contributed by atoms with van der Waals surface area (Å²) in [6, 6.07) is 13.7. The number of hydrogen-bond donors (Lipinski definition) is 1. The number of allylic oxidation sites excluding steroid dienone is 1. The number of nitriles is 1. The Morgan fingerprint density at radius 3 is 2.45 bits per heavy atom. The number of aryl methyl sites for hydroxylation is 1. The second-order valence-corrected chi connectivity index (χ2v) is 7.47. The number of benzene rings is 2. The molecule has 1 atom stereocenters. The zero-order chi connectivity index (χ0) is 23.9. The van der Waals surface area contributed by atoms with E-state index in [1.807, 2.05) is 13.0 Å². The maximum absolute atomic E-state index is 13.0. The van der Waals surface area contributed by atoms with Gasteiger partial charge in [0.25, 0.3) is 16.9 Å². The molecule has 4 rings (SSSR count). The summed E-state index contributed by atoms with van der Waals surface area (Å²) in [7, 11) is 0. The molecule has 0 amide bonds. The fraction of sp³-hybridized carbons (Fsp3) is 0.136. The molecular formula is C22H15N5O6. The van der Waals surface area contributed by atoms with Crippen molar-refractivity contribution in [3.05, 3.63) is 113 Å². The van der Waals surface area contributed by atoms with E-state index in [2.05, 4.69) is 5.10 Å². The van der Waals surface area contributed by atoms with E-state index in [1.165, 1.54) is 24.3 Å². The maximum Gasteiger partial charge on any atom is 0.297 e. The van der Waals surface area contributed by atoms with Crippen LogP contribution >= 0.6 is 0 Å². The van der Waals surface area contributed by atoms with Gasteiger partial charge in [0.15, 0.2) is 0 Å². The Bertz CT molecular complexity index is 1450. The SMILES string of the molecule is Cc1ccc(-n2nc3c(c(C#N)c2=O)CC(c2cccc([N+](=O)[O-])c2)C([N+](=O)[O-])=C3O)cc1. The van der Waals surface area contributed by atoms with Crippen LogP contribution in [0.15, 0.2) is 59.0 Å². The van der Waals surface area contributed by atoms with Crippen molar-refractivity contribution in [3.8, 4) is 11.8 Å². The molecule has 1 N–H and O–H groups in total. The predicted molar refractivity (Wildman–Crippen MR) is 115 cm³/mol. The third kappa shape index (κ3) is 3.59. The van der Waals surface area contributed by atoms with E-state index >= 15 is 0 Å². The van der Waals surface area contributed by atoms with Crippen molar-refractivity contribution < 1.29 is 15.0 Å². The number of non-ortho nitro benzene ring substituents is 1. The summed E-state index contributed by atoms with van der Waals surface area (Å²) in [6.45, 7) is 1.85. The molecule has 0 radical (unpaired) electrons. The highest BCUT2D eigenvalue weighted by Crippen LogP contribution is 2.40. The molecule has 0 saturated carbocycles. The van der Waals surface area contributed by atoms with Crippen molar-refractivity contribution in [2.45, 2.75) is 19.3 Å². The van der Waals surface area contributed by atoms with Gasteiger partial charge in [-0.25, -0.2) is 0 Å². The molecule has 1 aliphatic carbocycles. The van der Waals surface area contributed by atoms with E-state index in [1.54, 1.807) is 24.3 Å². The van der Waals surface area contributed by atoms with Crippen LogP contribution in [-0.2, 0) is 6.42 Å². The van der Waals surface area contributed by atoms with Crippen LogP contribution < -0.4 is 5.56 Å². The standard InChI is InChI=1S/C22H15N5O6/c1-12-5-7-14(8-6-12)25-22(29)18(11-23)17-10-16(13-3-2-4-15(9-13)26(30)31)20(27(32)33)21(28)19(17)24-25/h2-9,16,28H,10H2,1H3. The van der Waals surface area contributed by atoms with E-state index in [9.17, 15) is 35.4 Å². The number of nitrogens with zero attached hydrogens (tertiary/aromatic N) is 5. The number of hydrogen-bond acceptors (Lipinski definition) is 8. The van der Waals surface area contributed by atoms with Crippen molar-refractivity contribution in [1.82, 2.24) is 9.78 Å². The van der Waals surface area contributed by atoms with Gasteiger partial charge in [0.2, 0.25) is 5.76 Å². The topological polar surface area (TPSA) is 165 Å². The van der Waals surface area contributed by atoms with Crippen molar-refractivity contribution in [2.24, 2.45) is 0 Å². The molecule has 1 heterocycles. The van der Waals surface area contributed by atoms with Crippen LogP contribution in [0.3, 0.4) is 0 Å². The quantitative estimate of drug-likeness (QED) is 0.472. The predicted octanol–water partition coefficient (Wildman–Crippen LogP) is 3.16. The zero-order valence-electron chi connectivity index (χ0n) is 17.1. The average Bonchev–Trinajstić information content (AvgIpc) is 2.79. The third-order valence-corrected chi connectivity index (χ3v) is 5.47. The molecule has 0 saturated heterocycles. The van der Waals surface area contributed by atoms with E-state index in [0.29, 0.717) is 5.69 Å². The number of nitro groups is 2. The number of aliphatic hydroxyl groups excluding tert-OH is 1. The second kappa shape index (κ2) is 8.01. The summed E-state index contributed by atoms with van der Waals surface area (Å²) in [6.07, 6.45) is -0.212. The Kier molecular flexibility index (Phi) is 5.19. The van der Waals surface area contributed by atoms with Crippen molar-refractivity contribution in [3.63, 3.8) is 0 Å². The van der Waals surface area contributed by atoms with E-state index in [4.69, 9.17) is 0 Å². The van der Waals surface area contributed by atoms with Gasteiger partial charge >= 0.3 is 0 Å². The molecular weight excluding hydrogens is 430 g/mol. The summed E-state index contributed by atoms with van der Waals surface area (Å²) in [4.78, 5) is 34.7. The van der Waals surface area contributed by atoms with Crippen LogP contribution in [0.5, 0.6) is 0 Å². The first-order chi connectivity index (χ1) is 15.7. The van der Waals surface area contributed by atoms with Gasteiger partial charge in [0.05, 0.1) is 21.5 Å². The lowest BCUT2D eigenvalue weighted by Gasteiger charge is -2.23. The summed E-state index contributed by atoms with van der Waals surface area (Å²) in [5, 5.41) is 47.7. The Morgan fingerprint density at radius 1 is 1.15 bits per heavy atom. The minimum absolute atomic E-state index is 0.0467. The van der Waals surface area contributed by atoms with E-state index in [-0.39, 0.29) is 34.5 Å². The minimum Gasteiger partial charge on any atom is -0.501 e. The van der Waals surface area contributed by atoms with Crippen molar-refractivity contribution in [1.29, 1.82) is 5.26 Å². The molecule has 2 aromatic carbocycles. The Balaban J connectivity index is 1.98. The van der Waals surface area contributed by atoms with Crippen LogP contribution in [0, 0.1) is 38.5 Å². The molecule has 1 aliphatic rings. The van der Waals surface area contributed by atoms with Gasteiger partial charge in [-0.05, 0) is 31.0 Å². The van der Waals surface area contributed by atoms with Crippen molar-refractivity contribution >= 4 is 11.4 Å². The van der Waals surface area contributed by atoms with Crippen LogP contribution in [0.4, 0.5) is 5.69 Å². The lowest BCUT2D eigenvalue weighted by Crippen LogP contribution is -2.31. The van der Waals surface area contributed by atoms with E-state index < -0.39 is 32.8 Å². The molecule has 164 valence electrons. The number of nitro benzene ring substituents is 1. The highest BCUT2D eigenvalue weighted by molar-refractivity contribution is 5.67. The van der Waals surface area contributed by atoms with Gasteiger partial charge in [0, 0.05) is 17.7 Å². The number of aromatic nitrogens is 2. The van der Waals surface area contributed by atoms with Crippen LogP contribution in [0.2, 0.25) is 0 Å². The van der Waals surface area contributed by atoms with E-state index in [0.717, 1.165) is 10.2 Å². The first-order valence-corrected chi connectivity index (χ1v) is 9.68. The van der Waals surface area contributed by atoms with Gasteiger partial charge in [-0.2, -0.15) is 15.0 Å². The molecule has 0 aliphatic heterocycles. The first kappa shape index (κ1) is 21.4. The average molecular weight is 445 g/mol. The minimum atomic E-state index is -1.13. The molecule has 11 heteroatoms. The summed E-state index contributed by atoms with van der Waals surface area (Å²) in [5.74, 6) is -1.92. The van der Waals surface area contributed by atoms with Crippen LogP contribution in [0.25, 0.3) is 11.4 Å². The normalized spacial score (nSPS) is 15.0. The molecule has 33 heavy (non-hydrogen) atoms. The summed E-state index contributed by atoms with van der Waals surface area (Å²) >= 11 is 0. The monoisotopic (exact) mass is 445 g/mol. The molecule has 1 aromatic heterocycles. The first-order valence-electron chi connectivity index (χ1n) is 9.68. The second-order valence-electron chi connectivity index (χ2n) is 7.47. The fourth-order valence-electron chi connectivity index (χ4n) is 3.86. The summed E-state index contributed by atoms with van der Waals surface area (Å²) < 4.78 is 0.915. The zero-order valence-corrected chi connectivity index (χ0v) is 17.1.